The maximum atomic E-state index is 10.6. The van der Waals surface area contributed by atoms with Crippen LogP contribution in [0.15, 0.2) is 24.3 Å². The largest absolute Gasteiger partial charge is 0.396 e. The third kappa shape index (κ3) is 3.18. The van der Waals surface area contributed by atoms with Crippen molar-refractivity contribution in [2.24, 2.45) is 0 Å². The van der Waals surface area contributed by atoms with Crippen LogP contribution in [0.5, 0.6) is 0 Å². The highest BCUT2D eigenvalue weighted by Gasteiger charge is 2.09. The van der Waals surface area contributed by atoms with Gasteiger partial charge in [0.05, 0.1) is 4.92 Å². The van der Waals surface area contributed by atoms with Gasteiger partial charge in [0.15, 0.2) is 0 Å². The number of benzene rings is 1. The van der Waals surface area contributed by atoms with Gasteiger partial charge in [-0.05, 0) is 18.9 Å². The summed E-state index contributed by atoms with van der Waals surface area (Å²) in [5.41, 5.74) is 1.56. The molecule has 0 saturated heterocycles. The quantitative estimate of drug-likeness (QED) is 0.608. The Morgan fingerprint density at radius 3 is 2.87 bits per heavy atom. The molecule has 1 N–H and O–H groups in total. The lowest BCUT2D eigenvalue weighted by atomic mass is 10.1. The average Bonchev–Trinajstić information content (AvgIpc) is 2.20. The molecule has 0 bridgehead atoms. The second-order valence-corrected chi connectivity index (χ2v) is 3.22. The minimum Gasteiger partial charge on any atom is -0.396 e. The third-order valence-corrected chi connectivity index (χ3v) is 2.04. The highest BCUT2D eigenvalue weighted by molar-refractivity contribution is 5.55. The van der Waals surface area contributed by atoms with Crippen molar-refractivity contribution in [3.8, 4) is 0 Å². The molecule has 0 aromatic heterocycles. The van der Waals surface area contributed by atoms with Gasteiger partial charge < -0.3 is 5.11 Å². The fraction of sp³-hybridized carbons (Fsp3) is 0.273. The molecule has 0 aliphatic rings. The first-order valence-electron chi connectivity index (χ1n) is 4.67. The van der Waals surface area contributed by atoms with E-state index in [1.54, 1.807) is 25.1 Å². The zero-order valence-corrected chi connectivity index (χ0v) is 8.51. The Bertz CT molecular complexity index is 385. The Labute approximate surface area is 88.0 Å². The molecule has 0 unspecified atom stereocenters. The zero-order valence-electron chi connectivity index (χ0n) is 8.51. The van der Waals surface area contributed by atoms with Gasteiger partial charge in [0.1, 0.15) is 0 Å². The maximum absolute atomic E-state index is 10.6. The third-order valence-electron chi connectivity index (χ3n) is 2.04. The van der Waals surface area contributed by atoms with Crippen LogP contribution in [0.25, 0.3) is 6.08 Å². The second-order valence-electron chi connectivity index (χ2n) is 3.22. The number of nitrogens with zero attached hydrogens (tertiary/aromatic N) is 1. The topological polar surface area (TPSA) is 63.4 Å². The summed E-state index contributed by atoms with van der Waals surface area (Å²) in [5, 5.41) is 19.2. The molecule has 1 rings (SSSR count). The van der Waals surface area contributed by atoms with Crippen LogP contribution in [-0.4, -0.2) is 16.6 Å². The first-order valence-corrected chi connectivity index (χ1v) is 4.67. The maximum Gasteiger partial charge on any atom is 0.272 e. The number of aryl methyl sites for hydroxylation is 1. The lowest BCUT2D eigenvalue weighted by Crippen LogP contribution is -1.91. The van der Waals surface area contributed by atoms with Crippen molar-refractivity contribution in [3.63, 3.8) is 0 Å². The average molecular weight is 207 g/mol. The molecule has 0 atom stereocenters. The van der Waals surface area contributed by atoms with E-state index in [1.807, 2.05) is 6.07 Å². The summed E-state index contributed by atoms with van der Waals surface area (Å²) < 4.78 is 0. The molecule has 1 aromatic rings. The van der Waals surface area contributed by atoms with E-state index < -0.39 is 4.92 Å². The molecule has 0 saturated carbocycles. The number of hydrogen-bond acceptors (Lipinski definition) is 3. The lowest BCUT2D eigenvalue weighted by Gasteiger charge is -1.98. The number of aliphatic hydroxyl groups is 1. The van der Waals surface area contributed by atoms with Gasteiger partial charge in [-0.1, -0.05) is 24.3 Å². The summed E-state index contributed by atoms with van der Waals surface area (Å²) >= 11 is 0. The summed E-state index contributed by atoms with van der Waals surface area (Å²) in [5.74, 6) is 0. The number of aliphatic hydroxyl groups excluding tert-OH is 1. The van der Waals surface area contributed by atoms with E-state index in [0.717, 1.165) is 5.56 Å². The van der Waals surface area contributed by atoms with Crippen LogP contribution in [0, 0.1) is 17.0 Å². The molecule has 80 valence electrons. The van der Waals surface area contributed by atoms with Crippen molar-refractivity contribution in [3.05, 3.63) is 45.5 Å². The molecule has 0 heterocycles. The summed E-state index contributed by atoms with van der Waals surface area (Å²) in [6.07, 6.45) is 4.11. The van der Waals surface area contributed by atoms with Crippen molar-refractivity contribution >= 4 is 11.8 Å². The molecule has 0 fully saturated rings. The second kappa shape index (κ2) is 5.26. The van der Waals surface area contributed by atoms with Crippen molar-refractivity contribution in [2.45, 2.75) is 13.3 Å². The molecule has 15 heavy (non-hydrogen) atoms. The molecule has 4 heteroatoms. The van der Waals surface area contributed by atoms with Gasteiger partial charge in [-0.15, -0.1) is 0 Å². The predicted molar refractivity (Wildman–Crippen MR) is 58.6 cm³/mol. The van der Waals surface area contributed by atoms with E-state index in [9.17, 15) is 10.1 Å². The molecule has 0 spiro atoms. The molecule has 0 amide bonds. The van der Waals surface area contributed by atoms with Crippen LogP contribution in [0.2, 0.25) is 0 Å². The van der Waals surface area contributed by atoms with E-state index >= 15 is 0 Å². The number of hydrogen-bond donors (Lipinski definition) is 1. The molecule has 1 aromatic carbocycles. The Hall–Kier alpha value is -1.68. The SMILES string of the molecule is Cc1ccc(C=CCCO)cc1[N+](=O)[O-]. The minimum absolute atomic E-state index is 0.0878. The minimum atomic E-state index is -0.390. The van der Waals surface area contributed by atoms with Crippen LogP contribution in [0.3, 0.4) is 0 Å². The molecule has 0 aliphatic heterocycles. The Balaban J connectivity index is 2.92. The van der Waals surface area contributed by atoms with Crippen LogP contribution in [0.4, 0.5) is 5.69 Å². The summed E-state index contributed by atoms with van der Waals surface area (Å²) in [6.45, 7) is 1.80. The Morgan fingerprint density at radius 2 is 2.27 bits per heavy atom. The normalized spacial score (nSPS) is 10.8. The van der Waals surface area contributed by atoms with Crippen LogP contribution >= 0.6 is 0 Å². The fourth-order valence-electron chi connectivity index (χ4n) is 1.22. The zero-order chi connectivity index (χ0) is 11.3. The van der Waals surface area contributed by atoms with Gasteiger partial charge >= 0.3 is 0 Å². The van der Waals surface area contributed by atoms with E-state index in [4.69, 9.17) is 5.11 Å². The summed E-state index contributed by atoms with van der Waals surface area (Å²) in [7, 11) is 0. The standard InChI is InChI=1S/C11H13NO3/c1-9-5-6-10(4-2-3-7-13)8-11(9)12(14)15/h2,4-6,8,13H,3,7H2,1H3. The molecular weight excluding hydrogens is 194 g/mol. The Morgan fingerprint density at radius 1 is 1.53 bits per heavy atom. The van der Waals surface area contributed by atoms with Crippen LogP contribution in [-0.2, 0) is 0 Å². The van der Waals surface area contributed by atoms with E-state index in [-0.39, 0.29) is 12.3 Å². The van der Waals surface area contributed by atoms with Crippen molar-refractivity contribution < 1.29 is 10.0 Å². The van der Waals surface area contributed by atoms with Crippen LogP contribution in [0.1, 0.15) is 17.5 Å². The van der Waals surface area contributed by atoms with Gasteiger partial charge in [0.2, 0.25) is 0 Å². The van der Waals surface area contributed by atoms with E-state index in [0.29, 0.717) is 12.0 Å². The lowest BCUT2D eigenvalue weighted by molar-refractivity contribution is -0.385. The molecule has 4 nitrogen and oxygen atoms in total. The molecule has 0 radical (unpaired) electrons. The van der Waals surface area contributed by atoms with Crippen molar-refractivity contribution in [2.75, 3.05) is 6.61 Å². The predicted octanol–water partition coefficient (Wildman–Crippen LogP) is 2.30. The highest BCUT2D eigenvalue weighted by atomic mass is 16.6. The van der Waals surface area contributed by atoms with E-state index in [2.05, 4.69) is 0 Å². The fourth-order valence-corrected chi connectivity index (χ4v) is 1.22. The monoisotopic (exact) mass is 207 g/mol. The van der Waals surface area contributed by atoms with Crippen LogP contribution < -0.4 is 0 Å². The van der Waals surface area contributed by atoms with Gasteiger partial charge in [-0.25, -0.2) is 0 Å². The molecule has 0 aliphatic carbocycles. The van der Waals surface area contributed by atoms with E-state index in [1.165, 1.54) is 6.07 Å². The van der Waals surface area contributed by atoms with Gasteiger partial charge in [0.25, 0.3) is 5.69 Å². The van der Waals surface area contributed by atoms with Gasteiger partial charge in [0, 0.05) is 18.2 Å². The summed E-state index contributed by atoms with van der Waals surface area (Å²) in [4.78, 5) is 10.3. The summed E-state index contributed by atoms with van der Waals surface area (Å²) in [6, 6.07) is 5.07. The Kier molecular flexibility index (Phi) is 4.00. The number of rotatable bonds is 4. The van der Waals surface area contributed by atoms with Crippen molar-refractivity contribution in [1.29, 1.82) is 0 Å². The number of nitro groups is 1. The van der Waals surface area contributed by atoms with Gasteiger partial charge in [-0.2, -0.15) is 0 Å². The van der Waals surface area contributed by atoms with Gasteiger partial charge in [-0.3, -0.25) is 10.1 Å². The molecular formula is C11H13NO3. The van der Waals surface area contributed by atoms with Crippen molar-refractivity contribution in [1.82, 2.24) is 0 Å². The highest BCUT2D eigenvalue weighted by Crippen LogP contribution is 2.19. The number of nitro benzene ring substituents is 1. The first kappa shape index (κ1) is 11.4. The first-order chi connectivity index (χ1) is 7.15. The smallest absolute Gasteiger partial charge is 0.272 e.